The SMILES string of the molecule is CCC(N)C(=O)NCc1ccc(Nc2ccc(N3CCC(C(F)(F)F)CC3)cc2)cc1. The number of anilines is 3. The minimum atomic E-state index is -4.09. The largest absolute Gasteiger partial charge is 0.391 e. The van der Waals surface area contributed by atoms with Crippen LogP contribution in [0.1, 0.15) is 31.7 Å². The summed E-state index contributed by atoms with van der Waals surface area (Å²) in [5, 5.41) is 6.12. The van der Waals surface area contributed by atoms with Crippen LogP contribution in [0.3, 0.4) is 0 Å². The molecule has 0 bridgehead atoms. The molecule has 1 fully saturated rings. The molecular weight excluding hydrogens is 405 g/mol. The van der Waals surface area contributed by atoms with Gasteiger partial charge in [0.1, 0.15) is 0 Å². The van der Waals surface area contributed by atoms with Gasteiger partial charge in [0, 0.05) is 36.7 Å². The third-order valence-electron chi connectivity index (χ3n) is 5.68. The number of alkyl halides is 3. The molecule has 0 spiro atoms. The lowest BCUT2D eigenvalue weighted by molar-refractivity contribution is -0.179. The number of hydrogen-bond donors (Lipinski definition) is 3. The second-order valence-electron chi connectivity index (χ2n) is 7.90. The molecule has 3 rings (SSSR count). The number of halogens is 3. The highest BCUT2D eigenvalue weighted by Gasteiger charge is 2.41. The number of carbonyl (C=O) groups is 1. The van der Waals surface area contributed by atoms with Crippen molar-refractivity contribution in [2.45, 2.75) is 44.9 Å². The Morgan fingerprint density at radius 1 is 1.06 bits per heavy atom. The molecule has 1 heterocycles. The normalized spacial score (nSPS) is 16.1. The van der Waals surface area contributed by atoms with E-state index in [1.807, 2.05) is 60.4 Å². The van der Waals surface area contributed by atoms with Gasteiger partial charge in [-0.15, -0.1) is 0 Å². The fraction of sp³-hybridized carbons (Fsp3) is 0.435. The summed E-state index contributed by atoms with van der Waals surface area (Å²) in [7, 11) is 0. The highest BCUT2D eigenvalue weighted by atomic mass is 19.4. The average Bonchev–Trinajstić information content (AvgIpc) is 2.78. The maximum Gasteiger partial charge on any atom is 0.391 e. The van der Waals surface area contributed by atoms with E-state index >= 15 is 0 Å². The zero-order chi connectivity index (χ0) is 22.4. The van der Waals surface area contributed by atoms with Crippen LogP contribution in [0.2, 0.25) is 0 Å². The molecule has 1 saturated heterocycles. The predicted octanol–water partition coefficient (Wildman–Crippen LogP) is 4.56. The van der Waals surface area contributed by atoms with Gasteiger partial charge in [-0.2, -0.15) is 13.2 Å². The number of hydrogen-bond acceptors (Lipinski definition) is 4. The number of benzene rings is 2. The van der Waals surface area contributed by atoms with Crippen LogP contribution in [0.15, 0.2) is 48.5 Å². The molecule has 4 N–H and O–H groups in total. The Hall–Kier alpha value is -2.74. The quantitative estimate of drug-likeness (QED) is 0.597. The smallest absolute Gasteiger partial charge is 0.372 e. The van der Waals surface area contributed by atoms with Crippen LogP contribution in [0, 0.1) is 5.92 Å². The lowest BCUT2D eigenvalue weighted by Crippen LogP contribution is -2.39. The number of nitrogens with zero attached hydrogens (tertiary/aromatic N) is 1. The number of rotatable bonds is 7. The first-order valence-corrected chi connectivity index (χ1v) is 10.6. The van der Waals surface area contributed by atoms with E-state index in [2.05, 4.69) is 10.6 Å². The molecule has 2 aromatic rings. The van der Waals surface area contributed by atoms with Gasteiger partial charge in [0.05, 0.1) is 12.0 Å². The minimum absolute atomic E-state index is 0.140. The summed E-state index contributed by atoms with van der Waals surface area (Å²) in [4.78, 5) is 13.8. The third-order valence-corrected chi connectivity index (χ3v) is 5.68. The van der Waals surface area contributed by atoms with E-state index in [4.69, 9.17) is 5.73 Å². The first-order valence-electron chi connectivity index (χ1n) is 10.6. The molecule has 2 aromatic carbocycles. The van der Waals surface area contributed by atoms with Crippen LogP contribution >= 0.6 is 0 Å². The van der Waals surface area contributed by atoms with Crippen molar-refractivity contribution >= 4 is 23.0 Å². The van der Waals surface area contributed by atoms with E-state index in [1.54, 1.807) is 0 Å². The van der Waals surface area contributed by atoms with E-state index in [0.717, 1.165) is 22.6 Å². The highest BCUT2D eigenvalue weighted by molar-refractivity contribution is 5.81. The van der Waals surface area contributed by atoms with E-state index in [0.29, 0.717) is 26.1 Å². The summed E-state index contributed by atoms with van der Waals surface area (Å²) in [5.41, 5.74) is 9.40. The second-order valence-corrected chi connectivity index (χ2v) is 7.90. The minimum Gasteiger partial charge on any atom is -0.372 e. The van der Waals surface area contributed by atoms with Crippen molar-refractivity contribution in [3.63, 3.8) is 0 Å². The summed E-state index contributed by atoms with van der Waals surface area (Å²) in [5.74, 6) is -1.35. The summed E-state index contributed by atoms with van der Waals surface area (Å²) in [6.07, 6.45) is -3.22. The van der Waals surface area contributed by atoms with Crippen molar-refractivity contribution in [3.8, 4) is 0 Å². The zero-order valence-electron chi connectivity index (χ0n) is 17.6. The Morgan fingerprint density at radius 3 is 2.13 bits per heavy atom. The molecule has 1 amide bonds. The fourth-order valence-electron chi connectivity index (χ4n) is 3.60. The van der Waals surface area contributed by atoms with Gasteiger partial charge < -0.3 is 21.3 Å². The van der Waals surface area contributed by atoms with Crippen LogP contribution in [-0.4, -0.2) is 31.2 Å². The second kappa shape index (κ2) is 10.0. The Bertz CT molecular complexity index is 845. The monoisotopic (exact) mass is 434 g/mol. The zero-order valence-corrected chi connectivity index (χ0v) is 17.6. The van der Waals surface area contributed by atoms with E-state index in [1.165, 1.54) is 0 Å². The van der Waals surface area contributed by atoms with Gasteiger partial charge >= 0.3 is 6.18 Å². The first kappa shape index (κ1) is 22.9. The van der Waals surface area contributed by atoms with E-state index in [9.17, 15) is 18.0 Å². The van der Waals surface area contributed by atoms with Crippen molar-refractivity contribution in [1.29, 1.82) is 0 Å². The summed E-state index contributed by atoms with van der Waals surface area (Å²) < 4.78 is 38.5. The number of nitrogens with one attached hydrogen (secondary N) is 2. The number of nitrogens with two attached hydrogens (primary N) is 1. The molecule has 0 aliphatic carbocycles. The molecule has 0 radical (unpaired) electrons. The maximum atomic E-state index is 12.8. The first-order chi connectivity index (χ1) is 14.8. The van der Waals surface area contributed by atoms with Gasteiger partial charge in [-0.05, 0) is 61.2 Å². The summed E-state index contributed by atoms with van der Waals surface area (Å²) in [6.45, 7) is 3.12. The Kier molecular flexibility index (Phi) is 7.43. The number of carbonyl (C=O) groups excluding carboxylic acids is 1. The van der Waals surface area contributed by atoms with Gasteiger partial charge in [-0.3, -0.25) is 4.79 Å². The van der Waals surface area contributed by atoms with Crippen LogP contribution in [0.25, 0.3) is 0 Å². The van der Waals surface area contributed by atoms with Gasteiger partial charge in [0.2, 0.25) is 5.91 Å². The van der Waals surface area contributed by atoms with Crippen LogP contribution in [0.4, 0.5) is 30.2 Å². The van der Waals surface area contributed by atoms with Gasteiger partial charge in [0.25, 0.3) is 0 Å². The number of piperidine rings is 1. The Balaban J connectivity index is 1.50. The van der Waals surface area contributed by atoms with E-state index < -0.39 is 18.1 Å². The summed E-state index contributed by atoms with van der Waals surface area (Å²) >= 11 is 0. The molecule has 1 atom stereocenters. The molecule has 0 saturated carbocycles. The highest BCUT2D eigenvalue weighted by Crippen LogP contribution is 2.35. The van der Waals surface area contributed by atoms with Gasteiger partial charge in [-0.1, -0.05) is 19.1 Å². The van der Waals surface area contributed by atoms with Crippen molar-refractivity contribution in [3.05, 3.63) is 54.1 Å². The Labute approximate surface area is 180 Å². The standard InChI is InChI=1S/C23H29F3N4O/c1-2-21(27)22(31)28-15-16-3-5-18(6-4-16)29-19-7-9-20(10-8-19)30-13-11-17(12-14-30)23(24,25)26/h3-10,17,21,29H,2,11-15,27H2,1H3,(H,28,31). The van der Waals surface area contributed by atoms with Gasteiger partial charge in [0.15, 0.2) is 0 Å². The van der Waals surface area contributed by atoms with Crippen molar-refractivity contribution in [1.82, 2.24) is 5.32 Å². The lowest BCUT2D eigenvalue weighted by atomic mass is 9.96. The summed E-state index contributed by atoms with van der Waals surface area (Å²) in [6, 6.07) is 14.9. The third kappa shape index (κ3) is 6.37. The lowest BCUT2D eigenvalue weighted by Gasteiger charge is -2.34. The van der Waals surface area contributed by atoms with Crippen LogP contribution in [0.5, 0.6) is 0 Å². The van der Waals surface area contributed by atoms with Crippen molar-refractivity contribution < 1.29 is 18.0 Å². The molecule has 168 valence electrons. The molecule has 31 heavy (non-hydrogen) atoms. The molecule has 8 heteroatoms. The molecule has 0 aromatic heterocycles. The molecule has 1 unspecified atom stereocenters. The Morgan fingerprint density at radius 2 is 1.61 bits per heavy atom. The average molecular weight is 435 g/mol. The molecule has 1 aliphatic rings. The van der Waals surface area contributed by atoms with Crippen molar-refractivity contribution in [2.75, 3.05) is 23.3 Å². The van der Waals surface area contributed by atoms with Crippen LogP contribution < -0.4 is 21.3 Å². The number of amides is 1. The van der Waals surface area contributed by atoms with Crippen LogP contribution in [-0.2, 0) is 11.3 Å². The molecule has 1 aliphatic heterocycles. The van der Waals surface area contributed by atoms with Crippen molar-refractivity contribution in [2.24, 2.45) is 11.7 Å². The predicted molar refractivity (Wildman–Crippen MR) is 117 cm³/mol. The molecule has 5 nitrogen and oxygen atoms in total. The van der Waals surface area contributed by atoms with E-state index in [-0.39, 0.29) is 18.7 Å². The topological polar surface area (TPSA) is 70.4 Å². The fourth-order valence-corrected chi connectivity index (χ4v) is 3.60. The maximum absolute atomic E-state index is 12.8. The van der Waals surface area contributed by atoms with Gasteiger partial charge in [-0.25, -0.2) is 0 Å². The molecular formula is C23H29F3N4O.